The maximum absolute atomic E-state index is 12.2. The van der Waals surface area contributed by atoms with Crippen LogP contribution in [0.1, 0.15) is 27.2 Å². The molecule has 0 spiro atoms. The lowest BCUT2D eigenvalue weighted by Crippen LogP contribution is -2.49. The summed E-state index contributed by atoms with van der Waals surface area (Å²) in [6, 6.07) is -0.854. The van der Waals surface area contributed by atoms with Crippen molar-refractivity contribution in [2.45, 2.75) is 39.4 Å². The molecule has 0 saturated carbocycles. The minimum absolute atomic E-state index is 0.0163. The van der Waals surface area contributed by atoms with Gasteiger partial charge in [0.25, 0.3) is 0 Å². The van der Waals surface area contributed by atoms with Gasteiger partial charge in [-0.25, -0.2) is 0 Å². The van der Waals surface area contributed by atoms with Gasteiger partial charge in [-0.2, -0.15) is 13.2 Å². The van der Waals surface area contributed by atoms with Gasteiger partial charge in [0.2, 0.25) is 5.91 Å². The normalized spacial score (nSPS) is 15.7. The van der Waals surface area contributed by atoms with Crippen LogP contribution in [0.2, 0.25) is 0 Å². The Labute approximate surface area is 93.8 Å². The summed E-state index contributed by atoms with van der Waals surface area (Å²) >= 11 is 0. The van der Waals surface area contributed by atoms with Crippen LogP contribution in [-0.4, -0.2) is 36.1 Å². The maximum Gasteiger partial charge on any atom is 0.406 e. The van der Waals surface area contributed by atoms with Crippen molar-refractivity contribution in [2.24, 2.45) is 11.7 Å². The third-order valence-electron chi connectivity index (χ3n) is 2.61. The zero-order valence-electron chi connectivity index (χ0n) is 9.84. The van der Waals surface area contributed by atoms with Crippen LogP contribution in [0, 0.1) is 5.92 Å². The van der Waals surface area contributed by atoms with Gasteiger partial charge in [0, 0.05) is 6.54 Å². The lowest BCUT2D eigenvalue weighted by Gasteiger charge is -2.27. The fourth-order valence-corrected chi connectivity index (χ4v) is 1.27. The molecule has 6 heteroatoms. The number of alkyl halides is 3. The fourth-order valence-electron chi connectivity index (χ4n) is 1.27. The molecule has 96 valence electrons. The summed E-state index contributed by atoms with van der Waals surface area (Å²) in [5, 5.41) is 0. The van der Waals surface area contributed by atoms with Gasteiger partial charge in [0.15, 0.2) is 0 Å². The van der Waals surface area contributed by atoms with Crippen LogP contribution in [0.4, 0.5) is 13.2 Å². The molecule has 0 rings (SSSR count). The molecule has 0 heterocycles. The number of hydrogen-bond donors (Lipinski definition) is 1. The van der Waals surface area contributed by atoms with E-state index in [1.807, 2.05) is 6.92 Å². The van der Waals surface area contributed by atoms with Crippen molar-refractivity contribution in [3.8, 4) is 0 Å². The summed E-state index contributed by atoms with van der Waals surface area (Å²) in [6.07, 6.45) is -3.71. The molecule has 0 aliphatic carbocycles. The smallest absolute Gasteiger partial charge is 0.333 e. The molecule has 0 aromatic carbocycles. The van der Waals surface area contributed by atoms with Crippen molar-refractivity contribution in [3.05, 3.63) is 0 Å². The van der Waals surface area contributed by atoms with Crippen molar-refractivity contribution >= 4 is 5.91 Å². The van der Waals surface area contributed by atoms with Crippen LogP contribution in [0.25, 0.3) is 0 Å². The van der Waals surface area contributed by atoms with Crippen molar-refractivity contribution in [2.75, 3.05) is 13.1 Å². The number of carbonyl (C=O) groups excluding carboxylic acids is 1. The van der Waals surface area contributed by atoms with E-state index in [0.29, 0.717) is 6.42 Å². The van der Waals surface area contributed by atoms with Gasteiger partial charge in [0.1, 0.15) is 6.54 Å². The Morgan fingerprint density at radius 2 is 1.88 bits per heavy atom. The number of halogens is 3. The molecule has 0 saturated heterocycles. The van der Waals surface area contributed by atoms with Gasteiger partial charge >= 0.3 is 6.18 Å². The number of rotatable bonds is 5. The van der Waals surface area contributed by atoms with E-state index in [-0.39, 0.29) is 12.5 Å². The predicted molar refractivity (Wildman–Crippen MR) is 55.7 cm³/mol. The van der Waals surface area contributed by atoms with Crippen molar-refractivity contribution in [1.82, 2.24) is 4.90 Å². The monoisotopic (exact) mass is 240 g/mol. The van der Waals surface area contributed by atoms with Crippen LogP contribution >= 0.6 is 0 Å². The summed E-state index contributed by atoms with van der Waals surface area (Å²) in [5.41, 5.74) is 5.61. The molecule has 0 aromatic rings. The van der Waals surface area contributed by atoms with Gasteiger partial charge in [-0.1, -0.05) is 20.3 Å². The van der Waals surface area contributed by atoms with E-state index in [4.69, 9.17) is 5.73 Å². The van der Waals surface area contributed by atoms with E-state index in [0.717, 1.165) is 4.90 Å². The highest BCUT2D eigenvalue weighted by atomic mass is 19.4. The average Bonchev–Trinajstić information content (AvgIpc) is 2.21. The number of amides is 1. The van der Waals surface area contributed by atoms with Crippen LogP contribution in [-0.2, 0) is 4.79 Å². The largest absolute Gasteiger partial charge is 0.406 e. The van der Waals surface area contributed by atoms with E-state index < -0.39 is 24.7 Å². The topological polar surface area (TPSA) is 46.3 Å². The zero-order valence-corrected chi connectivity index (χ0v) is 9.84. The number of nitrogens with two attached hydrogens (primary N) is 1. The molecule has 16 heavy (non-hydrogen) atoms. The van der Waals surface area contributed by atoms with Crippen LogP contribution < -0.4 is 5.73 Å². The first-order valence-corrected chi connectivity index (χ1v) is 5.34. The molecule has 0 fully saturated rings. The molecule has 0 radical (unpaired) electrons. The highest BCUT2D eigenvalue weighted by Gasteiger charge is 2.34. The first kappa shape index (κ1) is 15.2. The maximum atomic E-state index is 12.2. The van der Waals surface area contributed by atoms with Gasteiger partial charge in [-0.3, -0.25) is 4.79 Å². The SMILES string of the molecule is CCC(C)C(N)C(=O)N(CC)CC(F)(F)F. The van der Waals surface area contributed by atoms with Gasteiger partial charge in [0.05, 0.1) is 6.04 Å². The van der Waals surface area contributed by atoms with Crippen molar-refractivity contribution in [3.63, 3.8) is 0 Å². The van der Waals surface area contributed by atoms with Gasteiger partial charge < -0.3 is 10.6 Å². The van der Waals surface area contributed by atoms with E-state index in [2.05, 4.69) is 0 Å². The summed E-state index contributed by atoms with van der Waals surface area (Å²) in [6.45, 7) is 3.89. The first-order chi connectivity index (χ1) is 7.22. The molecule has 2 atom stereocenters. The predicted octanol–water partition coefficient (Wildman–Crippen LogP) is 1.77. The second kappa shape index (κ2) is 6.08. The number of likely N-dealkylation sites (N-methyl/N-ethyl adjacent to an activating group) is 1. The van der Waals surface area contributed by atoms with Crippen LogP contribution in [0.3, 0.4) is 0 Å². The summed E-state index contributed by atoms with van der Waals surface area (Å²) in [4.78, 5) is 12.4. The molecule has 0 aliphatic heterocycles. The summed E-state index contributed by atoms with van der Waals surface area (Å²) in [7, 11) is 0. The van der Waals surface area contributed by atoms with Crippen LogP contribution in [0.5, 0.6) is 0 Å². The van der Waals surface area contributed by atoms with E-state index >= 15 is 0 Å². The Morgan fingerprint density at radius 3 is 2.19 bits per heavy atom. The lowest BCUT2D eigenvalue weighted by molar-refractivity contribution is -0.162. The quantitative estimate of drug-likeness (QED) is 0.796. The summed E-state index contributed by atoms with van der Waals surface area (Å²) < 4.78 is 36.5. The minimum atomic E-state index is -4.37. The zero-order chi connectivity index (χ0) is 12.9. The molecule has 3 nitrogen and oxygen atoms in total. The molecule has 2 unspecified atom stereocenters. The molecule has 0 bridgehead atoms. The summed E-state index contributed by atoms with van der Waals surface area (Å²) in [5.74, 6) is -0.746. The minimum Gasteiger partial charge on any atom is -0.333 e. The fraction of sp³-hybridized carbons (Fsp3) is 0.900. The van der Waals surface area contributed by atoms with E-state index in [1.165, 1.54) is 6.92 Å². The molecular weight excluding hydrogens is 221 g/mol. The Balaban J connectivity index is 4.53. The second-order valence-electron chi connectivity index (χ2n) is 3.88. The number of carbonyl (C=O) groups is 1. The number of nitrogens with zero attached hydrogens (tertiary/aromatic N) is 1. The average molecular weight is 240 g/mol. The third-order valence-corrected chi connectivity index (χ3v) is 2.61. The Bertz CT molecular complexity index is 231. The number of hydrogen-bond acceptors (Lipinski definition) is 2. The van der Waals surface area contributed by atoms with Gasteiger partial charge in [-0.05, 0) is 12.8 Å². The Kier molecular flexibility index (Phi) is 5.78. The van der Waals surface area contributed by atoms with Crippen LogP contribution in [0.15, 0.2) is 0 Å². The van der Waals surface area contributed by atoms with E-state index in [1.54, 1.807) is 6.92 Å². The Hall–Kier alpha value is -0.780. The molecule has 1 amide bonds. The third kappa shape index (κ3) is 4.83. The highest BCUT2D eigenvalue weighted by molar-refractivity contribution is 5.82. The first-order valence-electron chi connectivity index (χ1n) is 5.34. The molecule has 0 aromatic heterocycles. The highest BCUT2D eigenvalue weighted by Crippen LogP contribution is 2.18. The molecular formula is C10H19F3N2O. The van der Waals surface area contributed by atoms with Crippen molar-refractivity contribution < 1.29 is 18.0 Å². The molecule has 2 N–H and O–H groups in total. The molecule has 0 aliphatic rings. The van der Waals surface area contributed by atoms with Crippen molar-refractivity contribution in [1.29, 1.82) is 0 Å². The Morgan fingerprint density at radius 1 is 1.38 bits per heavy atom. The lowest BCUT2D eigenvalue weighted by atomic mass is 9.99. The van der Waals surface area contributed by atoms with Gasteiger partial charge in [-0.15, -0.1) is 0 Å². The second-order valence-corrected chi connectivity index (χ2v) is 3.88. The standard InChI is InChI=1S/C10H19F3N2O/c1-4-7(3)8(14)9(16)15(5-2)6-10(11,12)13/h7-8H,4-6,14H2,1-3H3. The van der Waals surface area contributed by atoms with E-state index in [9.17, 15) is 18.0 Å².